The van der Waals surface area contributed by atoms with Crippen molar-refractivity contribution in [2.75, 3.05) is 18.0 Å². The molecule has 0 bridgehead atoms. The molecule has 1 heterocycles. The van der Waals surface area contributed by atoms with Gasteiger partial charge in [0.05, 0.1) is 6.10 Å². The van der Waals surface area contributed by atoms with Crippen LogP contribution in [-0.2, 0) is 6.42 Å². The molecule has 16 heavy (non-hydrogen) atoms. The van der Waals surface area contributed by atoms with E-state index in [4.69, 9.17) is 0 Å². The third kappa shape index (κ3) is 3.24. The van der Waals surface area contributed by atoms with Gasteiger partial charge in [0.2, 0.25) is 0 Å². The molecule has 1 aromatic rings. The highest BCUT2D eigenvalue weighted by molar-refractivity contribution is 5.49. The van der Waals surface area contributed by atoms with Gasteiger partial charge in [-0.15, -0.1) is 0 Å². The summed E-state index contributed by atoms with van der Waals surface area (Å²) >= 11 is 0. The molecule has 0 aliphatic carbocycles. The summed E-state index contributed by atoms with van der Waals surface area (Å²) in [7, 11) is 0. The quantitative estimate of drug-likeness (QED) is 0.830. The standard InChI is InChI=1S/C12H17NO.C2H6/c1-2-10-4-3-5-11(8-10)13-7-6-12(14)9-13;1-2/h3-5,8,12,14H,2,6-7,9H2,1H3;1-2H3. The first kappa shape index (κ1) is 13.0. The summed E-state index contributed by atoms with van der Waals surface area (Å²) in [6, 6.07) is 8.59. The molecule has 0 spiro atoms. The molecule has 0 aromatic heterocycles. The molecule has 2 rings (SSSR count). The van der Waals surface area contributed by atoms with Crippen LogP contribution in [0.3, 0.4) is 0 Å². The summed E-state index contributed by atoms with van der Waals surface area (Å²) in [5, 5.41) is 9.45. The SMILES string of the molecule is CC.CCc1cccc(N2CCC(O)C2)c1. The average Bonchev–Trinajstić information content (AvgIpc) is 2.79. The highest BCUT2D eigenvalue weighted by Gasteiger charge is 2.20. The first-order valence-corrected chi connectivity index (χ1v) is 6.31. The predicted octanol–water partition coefficient (Wildman–Crippen LogP) is 2.85. The van der Waals surface area contributed by atoms with Crippen molar-refractivity contribution in [3.63, 3.8) is 0 Å². The zero-order valence-corrected chi connectivity index (χ0v) is 10.6. The van der Waals surface area contributed by atoms with Gasteiger partial charge >= 0.3 is 0 Å². The lowest BCUT2D eigenvalue weighted by atomic mass is 10.1. The summed E-state index contributed by atoms with van der Waals surface area (Å²) in [5.41, 5.74) is 2.62. The Kier molecular flexibility index (Phi) is 5.33. The van der Waals surface area contributed by atoms with Gasteiger partial charge in [0, 0.05) is 18.8 Å². The lowest BCUT2D eigenvalue weighted by molar-refractivity contribution is 0.198. The Balaban J connectivity index is 0.000000606. The Hall–Kier alpha value is -1.02. The molecule has 2 nitrogen and oxygen atoms in total. The van der Waals surface area contributed by atoms with Crippen LogP contribution in [-0.4, -0.2) is 24.3 Å². The molecule has 1 aliphatic rings. The Morgan fingerprint density at radius 3 is 2.69 bits per heavy atom. The zero-order chi connectivity index (χ0) is 12.0. The topological polar surface area (TPSA) is 23.5 Å². The third-order valence-corrected chi connectivity index (χ3v) is 2.85. The number of rotatable bonds is 2. The minimum atomic E-state index is -0.139. The smallest absolute Gasteiger partial charge is 0.0731 e. The van der Waals surface area contributed by atoms with E-state index in [0.29, 0.717) is 0 Å². The second-order valence-corrected chi connectivity index (χ2v) is 3.91. The van der Waals surface area contributed by atoms with E-state index < -0.39 is 0 Å². The van der Waals surface area contributed by atoms with Crippen LogP contribution < -0.4 is 4.90 Å². The molecule has 2 heteroatoms. The van der Waals surface area contributed by atoms with E-state index in [1.807, 2.05) is 13.8 Å². The number of aliphatic hydroxyl groups is 1. The molecule has 1 saturated heterocycles. The maximum absolute atomic E-state index is 9.45. The van der Waals surface area contributed by atoms with Crippen LogP contribution in [0.5, 0.6) is 0 Å². The molecular weight excluding hydrogens is 198 g/mol. The van der Waals surface area contributed by atoms with Gasteiger partial charge < -0.3 is 10.0 Å². The van der Waals surface area contributed by atoms with E-state index >= 15 is 0 Å². The normalized spacial score (nSPS) is 19.2. The van der Waals surface area contributed by atoms with E-state index in [9.17, 15) is 5.11 Å². The summed E-state index contributed by atoms with van der Waals surface area (Å²) in [5.74, 6) is 0. The first-order valence-electron chi connectivity index (χ1n) is 6.31. The van der Waals surface area contributed by atoms with Crippen molar-refractivity contribution in [3.05, 3.63) is 29.8 Å². The maximum Gasteiger partial charge on any atom is 0.0731 e. The van der Waals surface area contributed by atoms with E-state index in [1.54, 1.807) is 0 Å². The van der Waals surface area contributed by atoms with Crippen molar-refractivity contribution in [2.24, 2.45) is 0 Å². The Morgan fingerprint density at radius 2 is 2.12 bits per heavy atom. The minimum absolute atomic E-state index is 0.139. The highest BCUT2D eigenvalue weighted by atomic mass is 16.3. The molecule has 1 atom stereocenters. The average molecular weight is 221 g/mol. The number of hydrogen-bond donors (Lipinski definition) is 1. The van der Waals surface area contributed by atoms with Gasteiger partial charge in [-0.25, -0.2) is 0 Å². The summed E-state index contributed by atoms with van der Waals surface area (Å²) in [4.78, 5) is 2.25. The Bertz CT molecular complexity index is 311. The molecule has 1 unspecified atom stereocenters. The van der Waals surface area contributed by atoms with Crippen molar-refractivity contribution in [2.45, 2.75) is 39.7 Å². The number of β-amino-alcohol motifs (C(OH)–C–C–N with tert-alkyl or cyclic N) is 1. The molecule has 1 N–H and O–H groups in total. The molecule has 1 fully saturated rings. The summed E-state index contributed by atoms with van der Waals surface area (Å²) in [6.07, 6.45) is 1.83. The highest BCUT2D eigenvalue weighted by Crippen LogP contribution is 2.21. The van der Waals surface area contributed by atoms with Crippen LogP contribution in [0.4, 0.5) is 5.69 Å². The lowest BCUT2D eigenvalue weighted by Crippen LogP contribution is -2.21. The second kappa shape index (κ2) is 6.54. The fourth-order valence-electron chi connectivity index (χ4n) is 1.95. The van der Waals surface area contributed by atoms with Gasteiger partial charge in [0.1, 0.15) is 0 Å². The minimum Gasteiger partial charge on any atom is -0.391 e. The van der Waals surface area contributed by atoms with Gasteiger partial charge in [-0.05, 0) is 30.5 Å². The fraction of sp³-hybridized carbons (Fsp3) is 0.571. The summed E-state index contributed by atoms with van der Waals surface area (Å²) < 4.78 is 0. The van der Waals surface area contributed by atoms with Crippen LogP contribution >= 0.6 is 0 Å². The van der Waals surface area contributed by atoms with Crippen molar-refractivity contribution in [1.29, 1.82) is 0 Å². The number of anilines is 1. The Morgan fingerprint density at radius 1 is 1.38 bits per heavy atom. The second-order valence-electron chi connectivity index (χ2n) is 3.91. The molecule has 1 aromatic carbocycles. The molecule has 1 aliphatic heterocycles. The van der Waals surface area contributed by atoms with Crippen LogP contribution in [0.1, 0.15) is 32.8 Å². The number of benzene rings is 1. The van der Waals surface area contributed by atoms with Gasteiger partial charge in [0.15, 0.2) is 0 Å². The molecule has 0 saturated carbocycles. The van der Waals surface area contributed by atoms with E-state index in [0.717, 1.165) is 25.9 Å². The zero-order valence-electron chi connectivity index (χ0n) is 10.6. The third-order valence-electron chi connectivity index (χ3n) is 2.85. The van der Waals surface area contributed by atoms with E-state index in [-0.39, 0.29) is 6.10 Å². The summed E-state index contributed by atoms with van der Waals surface area (Å²) in [6.45, 7) is 7.93. The van der Waals surface area contributed by atoms with E-state index in [2.05, 4.69) is 36.1 Å². The monoisotopic (exact) mass is 221 g/mol. The van der Waals surface area contributed by atoms with Gasteiger partial charge in [-0.3, -0.25) is 0 Å². The number of hydrogen-bond acceptors (Lipinski definition) is 2. The van der Waals surface area contributed by atoms with Crippen LogP contribution in [0.2, 0.25) is 0 Å². The Labute approximate surface area is 98.9 Å². The van der Waals surface area contributed by atoms with Crippen LogP contribution in [0, 0.1) is 0 Å². The number of aryl methyl sites for hydroxylation is 1. The number of aliphatic hydroxyl groups excluding tert-OH is 1. The molecule has 90 valence electrons. The maximum atomic E-state index is 9.45. The first-order chi connectivity index (χ1) is 7.79. The van der Waals surface area contributed by atoms with Crippen molar-refractivity contribution < 1.29 is 5.11 Å². The van der Waals surface area contributed by atoms with Crippen molar-refractivity contribution >= 4 is 5.69 Å². The molecular formula is C14H23NO. The fourth-order valence-corrected chi connectivity index (χ4v) is 1.95. The van der Waals surface area contributed by atoms with Gasteiger partial charge in [-0.1, -0.05) is 32.9 Å². The number of nitrogens with zero attached hydrogens (tertiary/aromatic N) is 1. The predicted molar refractivity (Wildman–Crippen MR) is 70.0 cm³/mol. The van der Waals surface area contributed by atoms with E-state index in [1.165, 1.54) is 11.3 Å². The van der Waals surface area contributed by atoms with Gasteiger partial charge in [-0.2, -0.15) is 0 Å². The molecule has 0 radical (unpaired) electrons. The van der Waals surface area contributed by atoms with Crippen LogP contribution in [0.25, 0.3) is 0 Å². The molecule has 0 amide bonds. The van der Waals surface area contributed by atoms with Crippen molar-refractivity contribution in [3.8, 4) is 0 Å². The largest absolute Gasteiger partial charge is 0.391 e. The van der Waals surface area contributed by atoms with Crippen LogP contribution in [0.15, 0.2) is 24.3 Å². The van der Waals surface area contributed by atoms with Gasteiger partial charge in [0.25, 0.3) is 0 Å². The lowest BCUT2D eigenvalue weighted by Gasteiger charge is -2.18. The van der Waals surface area contributed by atoms with Crippen molar-refractivity contribution in [1.82, 2.24) is 0 Å².